The molecule has 20 heavy (non-hydrogen) atoms. The van der Waals surface area contributed by atoms with Crippen LogP contribution in [0.4, 0.5) is 11.8 Å². The summed E-state index contributed by atoms with van der Waals surface area (Å²) in [5.74, 6) is 2.21. The fraction of sp³-hybridized carbons (Fsp3) is 0.286. The number of nitrogens with one attached hydrogen (secondary N) is 1. The lowest BCUT2D eigenvalue weighted by molar-refractivity contribution is 0.331. The second kappa shape index (κ2) is 5.54. The summed E-state index contributed by atoms with van der Waals surface area (Å²) in [7, 11) is 1.79. The summed E-state index contributed by atoms with van der Waals surface area (Å²) in [4.78, 5) is 10.7. The maximum atomic E-state index is 6.23. The molecule has 0 aliphatic carbocycles. The quantitative estimate of drug-likeness (QED) is 0.921. The van der Waals surface area contributed by atoms with Gasteiger partial charge in [0.1, 0.15) is 17.4 Å². The molecule has 6 heteroatoms. The van der Waals surface area contributed by atoms with Crippen molar-refractivity contribution >= 4 is 23.4 Å². The third-order valence-corrected chi connectivity index (χ3v) is 3.47. The Hall–Kier alpha value is -2.01. The van der Waals surface area contributed by atoms with E-state index in [0.717, 1.165) is 30.2 Å². The largest absolute Gasteiger partial charge is 0.491 e. The van der Waals surface area contributed by atoms with Crippen LogP contribution in [-0.4, -0.2) is 30.2 Å². The van der Waals surface area contributed by atoms with Crippen LogP contribution in [0.15, 0.2) is 30.5 Å². The third-order valence-electron chi connectivity index (χ3n) is 3.20. The van der Waals surface area contributed by atoms with Crippen LogP contribution in [0, 0.1) is 0 Å². The van der Waals surface area contributed by atoms with E-state index in [0.29, 0.717) is 17.6 Å². The molecule has 0 bridgehead atoms. The Kier molecular flexibility index (Phi) is 3.60. The number of aromatic nitrogens is 2. The van der Waals surface area contributed by atoms with Crippen molar-refractivity contribution in [2.45, 2.75) is 6.54 Å². The molecule has 1 aliphatic rings. The number of benzene rings is 1. The highest BCUT2D eigenvalue weighted by Crippen LogP contribution is 2.29. The Morgan fingerprint density at radius 2 is 2.20 bits per heavy atom. The van der Waals surface area contributed by atoms with Crippen molar-refractivity contribution in [3.63, 3.8) is 0 Å². The fourth-order valence-corrected chi connectivity index (χ4v) is 2.42. The van der Waals surface area contributed by atoms with E-state index in [1.807, 2.05) is 18.2 Å². The van der Waals surface area contributed by atoms with Crippen molar-refractivity contribution in [3.05, 3.63) is 41.0 Å². The van der Waals surface area contributed by atoms with E-state index in [1.165, 1.54) is 0 Å². The van der Waals surface area contributed by atoms with Crippen molar-refractivity contribution in [1.29, 1.82) is 0 Å². The summed E-state index contributed by atoms with van der Waals surface area (Å²) in [6.45, 7) is 2.05. The van der Waals surface area contributed by atoms with E-state index in [1.54, 1.807) is 13.2 Å². The zero-order valence-corrected chi connectivity index (χ0v) is 11.9. The summed E-state index contributed by atoms with van der Waals surface area (Å²) in [5.41, 5.74) is 1.13. The topological polar surface area (TPSA) is 50.3 Å². The van der Waals surface area contributed by atoms with Gasteiger partial charge >= 0.3 is 0 Å². The molecule has 2 heterocycles. The van der Waals surface area contributed by atoms with Gasteiger partial charge in [-0.25, -0.2) is 4.98 Å². The summed E-state index contributed by atoms with van der Waals surface area (Å²) < 4.78 is 5.75. The molecule has 3 rings (SSSR count). The molecule has 1 N–H and O–H groups in total. The molecule has 1 aliphatic heterocycles. The van der Waals surface area contributed by atoms with Crippen molar-refractivity contribution in [2.24, 2.45) is 0 Å². The summed E-state index contributed by atoms with van der Waals surface area (Å²) in [5, 5.41) is 3.47. The Labute approximate surface area is 122 Å². The number of anilines is 2. The highest BCUT2D eigenvalue weighted by Gasteiger charge is 2.19. The zero-order chi connectivity index (χ0) is 13.9. The fourth-order valence-electron chi connectivity index (χ4n) is 2.21. The van der Waals surface area contributed by atoms with Gasteiger partial charge in [0.25, 0.3) is 0 Å². The van der Waals surface area contributed by atoms with E-state index in [2.05, 4.69) is 26.3 Å². The molecule has 1 aromatic carbocycles. The molecular formula is C14H15ClN4O. The second-order valence-corrected chi connectivity index (χ2v) is 4.90. The normalized spacial score (nSPS) is 14.2. The van der Waals surface area contributed by atoms with Crippen molar-refractivity contribution in [2.75, 3.05) is 30.4 Å². The molecule has 2 aromatic rings. The predicted octanol–water partition coefficient (Wildman–Crippen LogP) is 2.57. The van der Waals surface area contributed by atoms with Gasteiger partial charge in [0.05, 0.1) is 12.7 Å². The smallest absolute Gasteiger partial charge is 0.224 e. The number of hydrogen-bond donors (Lipinski definition) is 1. The molecule has 0 fully saturated rings. The number of halogens is 1. The van der Waals surface area contributed by atoms with Gasteiger partial charge in [-0.2, -0.15) is 4.98 Å². The number of hydrogen-bond acceptors (Lipinski definition) is 5. The van der Waals surface area contributed by atoms with Crippen LogP contribution in [0.1, 0.15) is 5.56 Å². The molecule has 0 amide bonds. The van der Waals surface area contributed by atoms with Gasteiger partial charge < -0.3 is 15.0 Å². The SMILES string of the molecule is CNc1ncc(Cl)c(N2CCOc3ccccc3C2)n1. The van der Waals surface area contributed by atoms with Crippen LogP contribution in [0.25, 0.3) is 0 Å². The Morgan fingerprint density at radius 1 is 1.35 bits per heavy atom. The van der Waals surface area contributed by atoms with Crippen LogP contribution in [0.3, 0.4) is 0 Å². The first-order valence-electron chi connectivity index (χ1n) is 6.44. The monoisotopic (exact) mass is 290 g/mol. The zero-order valence-electron chi connectivity index (χ0n) is 11.1. The van der Waals surface area contributed by atoms with E-state index >= 15 is 0 Å². The minimum absolute atomic E-state index is 0.545. The molecule has 0 spiro atoms. The summed E-state index contributed by atoms with van der Waals surface area (Å²) in [6.07, 6.45) is 1.62. The molecule has 0 atom stereocenters. The third kappa shape index (κ3) is 2.49. The average molecular weight is 291 g/mol. The number of fused-ring (bicyclic) bond motifs is 1. The Bertz CT molecular complexity index is 620. The number of rotatable bonds is 2. The number of nitrogens with zero attached hydrogens (tertiary/aromatic N) is 3. The minimum Gasteiger partial charge on any atom is -0.491 e. The summed E-state index contributed by atoms with van der Waals surface area (Å²) in [6, 6.07) is 8.03. The van der Waals surface area contributed by atoms with E-state index in [4.69, 9.17) is 16.3 Å². The van der Waals surface area contributed by atoms with Gasteiger partial charge in [-0.1, -0.05) is 29.8 Å². The lowest BCUT2D eigenvalue weighted by atomic mass is 10.2. The molecule has 0 saturated carbocycles. The highest BCUT2D eigenvalue weighted by atomic mass is 35.5. The van der Waals surface area contributed by atoms with Crippen molar-refractivity contribution in [1.82, 2.24) is 9.97 Å². The van der Waals surface area contributed by atoms with Gasteiger partial charge in [0, 0.05) is 19.2 Å². The van der Waals surface area contributed by atoms with Crippen LogP contribution in [0.2, 0.25) is 5.02 Å². The van der Waals surface area contributed by atoms with Crippen molar-refractivity contribution in [3.8, 4) is 5.75 Å². The van der Waals surface area contributed by atoms with Gasteiger partial charge in [0.2, 0.25) is 5.95 Å². The van der Waals surface area contributed by atoms with E-state index in [-0.39, 0.29) is 0 Å². The predicted molar refractivity (Wildman–Crippen MR) is 79.6 cm³/mol. The van der Waals surface area contributed by atoms with Crippen LogP contribution in [-0.2, 0) is 6.54 Å². The minimum atomic E-state index is 0.545. The van der Waals surface area contributed by atoms with Gasteiger partial charge in [-0.15, -0.1) is 0 Å². The van der Waals surface area contributed by atoms with Crippen molar-refractivity contribution < 1.29 is 4.74 Å². The average Bonchev–Trinajstić information content (AvgIpc) is 2.70. The van der Waals surface area contributed by atoms with Crippen LogP contribution < -0.4 is 15.0 Å². The van der Waals surface area contributed by atoms with Crippen LogP contribution in [0.5, 0.6) is 5.75 Å². The second-order valence-electron chi connectivity index (χ2n) is 4.49. The molecule has 0 saturated heterocycles. The maximum absolute atomic E-state index is 6.23. The molecule has 5 nitrogen and oxygen atoms in total. The molecule has 0 radical (unpaired) electrons. The van der Waals surface area contributed by atoms with Gasteiger partial charge in [0.15, 0.2) is 5.82 Å². The standard InChI is InChI=1S/C14H15ClN4O/c1-16-14-17-8-11(15)13(18-14)19-6-7-20-12-5-3-2-4-10(12)9-19/h2-5,8H,6-7,9H2,1H3,(H,16,17,18). The number of para-hydroxylation sites is 1. The van der Waals surface area contributed by atoms with Gasteiger partial charge in [-0.05, 0) is 6.07 Å². The highest BCUT2D eigenvalue weighted by molar-refractivity contribution is 6.32. The number of ether oxygens (including phenoxy) is 1. The Balaban J connectivity index is 1.95. The molecule has 0 unspecified atom stereocenters. The first-order chi connectivity index (χ1) is 9.78. The van der Waals surface area contributed by atoms with E-state index < -0.39 is 0 Å². The first-order valence-corrected chi connectivity index (χ1v) is 6.81. The van der Waals surface area contributed by atoms with Crippen LogP contribution >= 0.6 is 11.6 Å². The first kappa shape index (κ1) is 13.0. The molecule has 1 aromatic heterocycles. The molecule has 104 valence electrons. The Morgan fingerprint density at radius 3 is 3.05 bits per heavy atom. The summed E-state index contributed by atoms with van der Waals surface area (Å²) >= 11 is 6.23. The van der Waals surface area contributed by atoms with Gasteiger partial charge in [-0.3, -0.25) is 0 Å². The lowest BCUT2D eigenvalue weighted by Crippen LogP contribution is -2.26. The molecular weight excluding hydrogens is 276 g/mol. The maximum Gasteiger partial charge on any atom is 0.224 e. The van der Waals surface area contributed by atoms with E-state index in [9.17, 15) is 0 Å². The lowest BCUT2D eigenvalue weighted by Gasteiger charge is -2.22.